The highest BCUT2D eigenvalue weighted by Crippen LogP contribution is 2.20. The van der Waals surface area contributed by atoms with Crippen molar-refractivity contribution in [3.05, 3.63) is 30.6 Å². The zero-order valence-electron chi connectivity index (χ0n) is 9.14. The zero-order chi connectivity index (χ0) is 10.9. The summed E-state index contributed by atoms with van der Waals surface area (Å²) in [5, 5.41) is 9.23. The molecule has 0 aliphatic rings. The summed E-state index contributed by atoms with van der Waals surface area (Å²) in [4.78, 5) is 4.32. The number of aromatic nitrogens is 2. The Morgan fingerprint density at radius 1 is 1.33 bits per heavy atom. The molecule has 2 rings (SSSR count). The van der Waals surface area contributed by atoms with Crippen LogP contribution in [0.1, 0.15) is 13.8 Å². The molecule has 1 N–H and O–H groups in total. The lowest BCUT2D eigenvalue weighted by Crippen LogP contribution is -2.23. The number of nitrogens with zero attached hydrogens (tertiary/aromatic N) is 2. The minimum atomic E-state index is -0.108. The fourth-order valence-electron chi connectivity index (χ4n) is 1.65. The van der Waals surface area contributed by atoms with Gasteiger partial charge in [-0.05, 0) is 12.1 Å². The first kappa shape index (κ1) is 10.2. The van der Waals surface area contributed by atoms with Crippen LogP contribution in [0.3, 0.4) is 0 Å². The van der Waals surface area contributed by atoms with Crippen LogP contribution in [0.4, 0.5) is 0 Å². The van der Waals surface area contributed by atoms with Crippen molar-refractivity contribution in [1.29, 1.82) is 0 Å². The lowest BCUT2D eigenvalue weighted by molar-refractivity contribution is 0.142. The zero-order valence-corrected chi connectivity index (χ0v) is 9.14. The van der Waals surface area contributed by atoms with E-state index in [1.807, 2.05) is 38.4 Å². The number of fused-ring (bicyclic) bond motifs is 1. The summed E-state index contributed by atoms with van der Waals surface area (Å²) in [6.07, 6.45) is 1.84. The first-order valence-corrected chi connectivity index (χ1v) is 5.13. The molecule has 0 radical (unpaired) electrons. The van der Waals surface area contributed by atoms with Crippen LogP contribution in [-0.4, -0.2) is 21.3 Å². The number of rotatable bonds is 3. The summed E-state index contributed by atoms with van der Waals surface area (Å²) in [7, 11) is 0. The Kier molecular flexibility index (Phi) is 2.49. The fourth-order valence-corrected chi connectivity index (χ4v) is 1.65. The maximum atomic E-state index is 9.23. The van der Waals surface area contributed by atoms with E-state index in [2.05, 4.69) is 15.6 Å². The minimum Gasteiger partial charge on any atom is -0.396 e. The van der Waals surface area contributed by atoms with Gasteiger partial charge >= 0.3 is 0 Å². The maximum absolute atomic E-state index is 9.23. The van der Waals surface area contributed by atoms with Crippen molar-refractivity contribution in [3.63, 3.8) is 0 Å². The van der Waals surface area contributed by atoms with Gasteiger partial charge in [-0.2, -0.15) is 0 Å². The van der Waals surface area contributed by atoms with E-state index in [4.69, 9.17) is 0 Å². The highest BCUT2D eigenvalue weighted by atomic mass is 16.3. The van der Waals surface area contributed by atoms with Crippen LogP contribution >= 0.6 is 0 Å². The Labute approximate surface area is 89.4 Å². The summed E-state index contributed by atoms with van der Waals surface area (Å²) in [5.74, 6) is 0. The molecule has 80 valence electrons. The van der Waals surface area contributed by atoms with Gasteiger partial charge in [0.2, 0.25) is 0 Å². The van der Waals surface area contributed by atoms with Gasteiger partial charge in [-0.3, -0.25) is 0 Å². The lowest BCUT2D eigenvalue weighted by Gasteiger charge is -2.22. The van der Waals surface area contributed by atoms with Gasteiger partial charge < -0.3 is 9.67 Å². The fraction of sp³-hybridized carbons (Fsp3) is 0.417. The van der Waals surface area contributed by atoms with Gasteiger partial charge in [0.05, 0.1) is 17.4 Å². The summed E-state index contributed by atoms with van der Waals surface area (Å²) in [5.41, 5.74) is 2.02. The van der Waals surface area contributed by atoms with E-state index < -0.39 is 0 Å². The third-order valence-electron chi connectivity index (χ3n) is 2.55. The van der Waals surface area contributed by atoms with E-state index in [-0.39, 0.29) is 12.0 Å². The molecular weight excluding hydrogens is 188 g/mol. The van der Waals surface area contributed by atoms with E-state index in [0.717, 1.165) is 17.6 Å². The molecule has 1 heterocycles. The second kappa shape index (κ2) is 3.66. The van der Waals surface area contributed by atoms with Gasteiger partial charge in [0.1, 0.15) is 0 Å². The number of hydrogen-bond donors (Lipinski definition) is 1. The largest absolute Gasteiger partial charge is 0.396 e. The summed E-state index contributed by atoms with van der Waals surface area (Å²) < 4.78 is 2.09. The van der Waals surface area contributed by atoms with Crippen LogP contribution in [0.2, 0.25) is 0 Å². The average molecular weight is 204 g/mol. The van der Waals surface area contributed by atoms with Gasteiger partial charge in [-0.25, -0.2) is 4.98 Å². The van der Waals surface area contributed by atoms with Crippen molar-refractivity contribution in [3.8, 4) is 0 Å². The van der Waals surface area contributed by atoms with Crippen LogP contribution in [0, 0.1) is 5.41 Å². The monoisotopic (exact) mass is 204 g/mol. The Morgan fingerprint density at radius 3 is 2.80 bits per heavy atom. The molecule has 0 saturated carbocycles. The first-order chi connectivity index (χ1) is 7.12. The molecule has 0 fully saturated rings. The number of hydrogen-bond acceptors (Lipinski definition) is 2. The molecule has 0 bridgehead atoms. The molecule has 0 unspecified atom stereocenters. The van der Waals surface area contributed by atoms with Gasteiger partial charge in [-0.1, -0.05) is 26.0 Å². The van der Waals surface area contributed by atoms with Gasteiger partial charge in [-0.15, -0.1) is 0 Å². The second-order valence-electron chi connectivity index (χ2n) is 4.68. The first-order valence-electron chi connectivity index (χ1n) is 5.13. The molecule has 0 saturated heterocycles. The van der Waals surface area contributed by atoms with Crippen LogP contribution in [-0.2, 0) is 6.54 Å². The van der Waals surface area contributed by atoms with Crippen LogP contribution < -0.4 is 0 Å². The second-order valence-corrected chi connectivity index (χ2v) is 4.68. The summed E-state index contributed by atoms with van der Waals surface area (Å²) >= 11 is 0. The molecule has 0 atom stereocenters. The Bertz CT molecular complexity index is 459. The predicted octanol–water partition coefficient (Wildman–Crippen LogP) is 2.05. The molecule has 0 aliphatic heterocycles. The van der Waals surface area contributed by atoms with Crippen molar-refractivity contribution in [2.75, 3.05) is 6.61 Å². The molecule has 2 aromatic rings. The standard InChI is InChI=1S/C12H16N2O/c1-12(2,8-15)7-14-9-13-10-5-3-4-6-11(10)14/h3-6,9,15H,7-8H2,1-2H3. The number of aliphatic hydroxyl groups excluding tert-OH is 1. The van der Waals surface area contributed by atoms with Gasteiger partial charge in [0, 0.05) is 18.6 Å². The van der Waals surface area contributed by atoms with Gasteiger partial charge in [0.25, 0.3) is 0 Å². The molecular formula is C12H16N2O. The molecule has 1 aromatic heterocycles. The van der Waals surface area contributed by atoms with E-state index in [1.54, 1.807) is 0 Å². The quantitative estimate of drug-likeness (QED) is 0.831. The third-order valence-corrected chi connectivity index (χ3v) is 2.55. The number of para-hydroxylation sites is 2. The lowest BCUT2D eigenvalue weighted by atomic mass is 9.95. The molecule has 15 heavy (non-hydrogen) atoms. The van der Waals surface area contributed by atoms with E-state index in [1.165, 1.54) is 0 Å². The third kappa shape index (κ3) is 2.02. The van der Waals surface area contributed by atoms with Crippen molar-refractivity contribution in [2.45, 2.75) is 20.4 Å². The SMILES string of the molecule is CC(C)(CO)Cn1cnc2ccccc21. The highest BCUT2D eigenvalue weighted by Gasteiger charge is 2.18. The maximum Gasteiger partial charge on any atom is 0.0958 e. The number of benzene rings is 1. The van der Waals surface area contributed by atoms with E-state index in [0.29, 0.717) is 0 Å². The Morgan fingerprint density at radius 2 is 2.07 bits per heavy atom. The van der Waals surface area contributed by atoms with Crippen molar-refractivity contribution < 1.29 is 5.11 Å². The van der Waals surface area contributed by atoms with Crippen LogP contribution in [0.15, 0.2) is 30.6 Å². The van der Waals surface area contributed by atoms with Crippen molar-refractivity contribution in [1.82, 2.24) is 9.55 Å². The summed E-state index contributed by atoms with van der Waals surface area (Å²) in [6, 6.07) is 8.04. The Balaban J connectivity index is 2.37. The predicted molar refractivity (Wildman–Crippen MR) is 60.6 cm³/mol. The smallest absolute Gasteiger partial charge is 0.0958 e. The number of aliphatic hydroxyl groups is 1. The minimum absolute atomic E-state index is 0.108. The number of imidazole rings is 1. The average Bonchev–Trinajstić information content (AvgIpc) is 2.62. The van der Waals surface area contributed by atoms with Crippen LogP contribution in [0.5, 0.6) is 0 Å². The highest BCUT2D eigenvalue weighted by molar-refractivity contribution is 5.74. The normalized spacial score (nSPS) is 12.2. The molecule has 3 nitrogen and oxygen atoms in total. The molecule has 0 spiro atoms. The van der Waals surface area contributed by atoms with E-state index in [9.17, 15) is 5.11 Å². The summed E-state index contributed by atoms with van der Waals surface area (Å²) in [6.45, 7) is 5.05. The molecule has 3 heteroatoms. The Hall–Kier alpha value is -1.35. The van der Waals surface area contributed by atoms with Crippen molar-refractivity contribution in [2.24, 2.45) is 5.41 Å². The van der Waals surface area contributed by atoms with Crippen molar-refractivity contribution >= 4 is 11.0 Å². The molecule has 0 amide bonds. The molecule has 0 aliphatic carbocycles. The molecule has 1 aromatic carbocycles. The van der Waals surface area contributed by atoms with E-state index >= 15 is 0 Å². The topological polar surface area (TPSA) is 38.0 Å². The van der Waals surface area contributed by atoms with Gasteiger partial charge in [0.15, 0.2) is 0 Å². The van der Waals surface area contributed by atoms with Crippen LogP contribution in [0.25, 0.3) is 11.0 Å².